The van der Waals surface area contributed by atoms with Gasteiger partial charge in [0, 0.05) is 18.8 Å². The van der Waals surface area contributed by atoms with Gasteiger partial charge < -0.3 is 5.32 Å². The van der Waals surface area contributed by atoms with Crippen LogP contribution in [0.2, 0.25) is 0 Å². The Labute approximate surface area is 152 Å². The second-order valence-corrected chi connectivity index (χ2v) is 9.29. The van der Waals surface area contributed by atoms with E-state index in [1.54, 1.807) is 17.5 Å². The van der Waals surface area contributed by atoms with Crippen LogP contribution in [-0.4, -0.2) is 31.7 Å². The van der Waals surface area contributed by atoms with Crippen LogP contribution in [0.25, 0.3) is 0 Å². The lowest BCUT2D eigenvalue weighted by Gasteiger charge is -2.30. The molecule has 1 amide bonds. The normalized spacial score (nSPS) is 18.8. The Bertz CT molecular complexity index is 815. The van der Waals surface area contributed by atoms with E-state index in [9.17, 15) is 13.2 Å². The third-order valence-corrected chi connectivity index (χ3v) is 7.71. The van der Waals surface area contributed by atoms with Gasteiger partial charge in [0.25, 0.3) is 10.0 Å². The third kappa shape index (κ3) is 4.11. The predicted molar refractivity (Wildman–Crippen MR) is 100 cm³/mol. The number of carbonyl (C=O) groups is 1. The van der Waals surface area contributed by atoms with Gasteiger partial charge in [-0.15, -0.1) is 11.3 Å². The van der Waals surface area contributed by atoms with E-state index in [1.807, 2.05) is 24.3 Å². The molecule has 1 aliphatic rings. The molecule has 1 N–H and O–H groups in total. The van der Waals surface area contributed by atoms with Crippen molar-refractivity contribution in [3.05, 3.63) is 47.3 Å². The highest BCUT2D eigenvalue weighted by molar-refractivity contribution is 7.91. The van der Waals surface area contributed by atoms with Gasteiger partial charge in [0.15, 0.2) is 0 Å². The minimum atomic E-state index is -3.50. The van der Waals surface area contributed by atoms with E-state index in [0.29, 0.717) is 23.6 Å². The molecule has 2 heterocycles. The quantitative estimate of drug-likeness (QED) is 0.868. The molecular formula is C18H22N2O3S2. The lowest BCUT2D eigenvalue weighted by molar-refractivity contribution is -0.120. The maximum atomic E-state index is 12.6. The Morgan fingerprint density at radius 1 is 1.28 bits per heavy atom. The van der Waals surface area contributed by atoms with Gasteiger partial charge in [-0.05, 0) is 48.4 Å². The predicted octanol–water partition coefficient (Wildman–Crippen LogP) is 3.35. The van der Waals surface area contributed by atoms with Gasteiger partial charge in [-0.2, -0.15) is 4.31 Å². The van der Waals surface area contributed by atoms with E-state index in [4.69, 9.17) is 0 Å². The second-order valence-electron chi connectivity index (χ2n) is 6.17. The molecule has 1 fully saturated rings. The smallest absolute Gasteiger partial charge is 0.252 e. The molecule has 1 aromatic carbocycles. The van der Waals surface area contributed by atoms with Crippen molar-refractivity contribution in [3.63, 3.8) is 0 Å². The topological polar surface area (TPSA) is 66.5 Å². The van der Waals surface area contributed by atoms with Gasteiger partial charge in [0.2, 0.25) is 5.91 Å². The van der Waals surface area contributed by atoms with E-state index in [1.165, 1.54) is 21.2 Å². The maximum absolute atomic E-state index is 12.6. The number of anilines is 1. The van der Waals surface area contributed by atoms with Crippen LogP contribution < -0.4 is 5.32 Å². The first-order chi connectivity index (χ1) is 12.0. The standard InChI is InChI=1S/C18H22N2O3S2/c1-2-14-7-9-16(10-8-14)19-18(21)15-5-3-11-20(13-15)25(22,23)17-6-4-12-24-17/h4,6-10,12,15H,2-3,5,11,13H2,1H3,(H,19,21)/t15-/m0/s1. The number of nitrogens with one attached hydrogen (secondary N) is 1. The monoisotopic (exact) mass is 378 g/mol. The number of amides is 1. The second kappa shape index (κ2) is 7.68. The summed E-state index contributed by atoms with van der Waals surface area (Å²) in [5.41, 5.74) is 1.96. The van der Waals surface area contributed by atoms with Crippen LogP contribution in [0.15, 0.2) is 46.0 Å². The van der Waals surface area contributed by atoms with Crippen molar-refractivity contribution in [2.24, 2.45) is 5.92 Å². The molecular weight excluding hydrogens is 356 g/mol. The first-order valence-corrected chi connectivity index (χ1v) is 10.8. The number of hydrogen-bond donors (Lipinski definition) is 1. The molecule has 1 atom stereocenters. The van der Waals surface area contributed by atoms with Gasteiger partial charge in [0.1, 0.15) is 4.21 Å². The van der Waals surface area contributed by atoms with Crippen LogP contribution in [0, 0.1) is 5.92 Å². The summed E-state index contributed by atoms with van der Waals surface area (Å²) in [7, 11) is -3.50. The number of benzene rings is 1. The molecule has 0 spiro atoms. The summed E-state index contributed by atoms with van der Waals surface area (Å²) < 4.78 is 27.1. The van der Waals surface area contributed by atoms with Crippen LogP contribution in [0.3, 0.4) is 0 Å². The largest absolute Gasteiger partial charge is 0.326 e. The Balaban J connectivity index is 1.67. The number of sulfonamides is 1. The molecule has 0 aliphatic carbocycles. The SMILES string of the molecule is CCc1ccc(NC(=O)[C@H]2CCCN(S(=O)(=O)c3cccs3)C2)cc1. The zero-order valence-electron chi connectivity index (χ0n) is 14.1. The van der Waals surface area contributed by atoms with Crippen molar-refractivity contribution in [2.45, 2.75) is 30.4 Å². The summed E-state index contributed by atoms with van der Waals surface area (Å²) in [5, 5.41) is 4.66. The van der Waals surface area contributed by atoms with Crippen LogP contribution in [0.1, 0.15) is 25.3 Å². The fourth-order valence-corrected chi connectivity index (χ4v) is 5.65. The average molecular weight is 379 g/mol. The highest BCUT2D eigenvalue weighted by Gasteiger charge is 2.33. The van der Waals surface area contributed by atoms with Crippen molar-refractivity contribution in [2.75, 3.05) is 18.4 Å². The molecule has 5 nitrogen and oxygen atoms in total. The molecule has 3 rings (SSSR count). The van der Waals surface area contributed by atoms with Crippen LogP contribution in [-0.2, 0) is 21.2 Å². The summed E-state index contributed by atoms with van der Waals surface area (Å²) in [6.45, 7) is 2.78. The minimum absolute atomic E-state index is 0.115. The van der Waals surface area contributed by atoms with E-state index >= 15 is 0 Å². The lowest BCUT2D eigenvalue weighted by atomic mass is 9.98. The summed E-state index contributed by atoms with van der Waals surface area (Å²) in [4.78, 5) is 12.6. The Hall–Kier alpha value is -1.70. The Kier molecular flexibility index (Phi) is 5.56. The molecule has 1 aliphatic heterocycles. The first kappa shape index (κ1) is 18.1. The molecule has 1 aromatic heterocycles. The fourth-order valence-electron chi connectivity index (χ4n) is 2.98. The summed E-state index contributed by atoms with van der Waals surface area (Å²) in [6, 6.07) is 11.1. The zero-order valence-corrected chi connectivity index (χ0v) is 15.8. The molecule has 0 saturated carbocycles. The fraction of sp³-hybridized carbons (Fsp3) is 0.389. The number of hydrogen-bond acceptors (Lipinski definition) is 4. The molecule has 134 valence electrons. The van der Waals surface area contributed by atoms with Crippen molar-refractivity contribution >= 4 is 33.0 Å². The van der Waals surface area contributed by atoms with Gasteiger partial charge in [0.05, 0.1) is 5.92 Å². The van der Waals surface area contributed by atoms with Crippen LogP contribution in [0.4, 0.5) is 5.69 Å². The molecule has 0 bridgehead atoms. The highest BCUT2D eigenvalue weighted by Crippen LogP contribution is 2.27. The minimum Gasteiger partial charge on any atom is -0.326 e. The summed E-state index contributed by atoms with van der Waals surface area (Å²) in [6.07, 6.45) is 2.35. The van der Waals surface area contributed by atoms with Gasteiger partial charge in [-0.1, -0.05) is 25.1 Å². The van der Waals surface area contributed by atoms with E-state index in [-0.39, 0.29) is 18.4 Å². The number of carbonyl (C=O) groups excluding carboxylic acids is 1. The first-order valence-electron chi connectivity index (χ1n) is 8.44. The van der Waals surface area contributed by atoms with Crippen molar-refractivity contribution in [1.29, 1.82) is 0 Å². The lowest BCUT2D eigenvalue weighted by Crippen LogP contribution is -2.43. The summed E-state index contributed by atoms with van der Waals surface area (Å²) in [5.74, 6) is -0.440. The third-order valence-electron chi connectivity index (χ3n) is 4.47. The van der Waals surface area contributed by atoms with Crippen LogP contribution in [0.5, 0.6) is 0 Å². The number of nitrogens with zero attached hydrogens (tertiary/aromatic N) is 1. The molecule has 0 unspecified atom stereocenters. The molecule has 25 heavy (non-hydrogen) atoms. The van der Waals surface area contributed by atoms with Gasteiger partial charge in [-0.3, -0.25) is 4.79 Å². The maximum Gasteiger partial charge on any atom is 0.252 e. The van der Waals surface area contributed by atoms with Crippen molar-refractivity contribution in [1.82, 2.24) is 4.31 Å². The van der Waals surface area contributed by atoms with E-state index in [2.05, 4.69) is 12.2 Å². The molecule has 7 heteroatoms. The average Bonchev–Trinajstić information content (AvgIpc) is 3.18. The van der Waals surface area contributed by atoms with Crippen molar-refractivity contribution < 1.29 is 13.2 Å². The summed E-state index contributed by atoms with van der Waals surface area (Å²) >= 11 is 1.21. The molecule has 1 saturated heterocycles. The number of rotatable bonds is 5. The molecule has 0 radical (unpaired) electrons. The van der Waals surface area contributed by atoms with Crippen LogP contribution >= 0.6 is 11.3 Å². The van der Waals surface area contributed by atoms with E-state index < -0.39 is 10.0 Å². The number of piperidine rings is 1. The highest BCUT2D eigenvalue weighted by atomic mass is 32.2. The molecule has 2 aromatic rings. The number of aryl methyl sites for hydroxylation is 1. The van der Waals surface area contributed by atoms with Gasteiger partial charge in [-0.25, -0.2) is 8.42 Å². The van der Waals surface area contributed by atoms with E-state index in [0.717, 1.165) is 12.1 Å². The Morgan fingerprint density at radius 2 is 2.04 bits per heavy atom. The zero-order chi connectivity index (χ0) is 17.9. The van der Waals surface area contributed by atoms with Crippen molar-refractivity contribution in [3.8, 4) is 0 Å². The Morgan fingerprint density at radius 3 is 2.68 bits per heavy atom. The van der Waals surface area contributed by atoms with Gasteiger partial charge >= 0.3 is 0 Å². The number of thiophene rings is 1.